The average Bonchev–Trinajstić information content (AvgIpc) is 2.17. The Labute approximate surface area is 101 Å². The van der Waals surface area contributed by atoms with Crippen molar-refractivity contribution in [2.45, 2.75) is 43.9 Å². The summed E-state index contributed by atoms with van der Waals surface area (Å²) in [4.78, 5) is 0. The summed E-state index contributed by atoms with van der Waals surface area (Å²) in [5, 5.41) is 0. The quantitative estimate of drug-likeness (QED) is 0.857. The second-order valence-electron chi connectivity index (χ2n) is 5.28. The van der Waals surface area contributed by atoms with Crippen LogP contribution in [0.3, 0.4) is 0 Å². The van der Waals surface area contributed by atoms with Gasteiger partial charge in [-0.1, -0.05) is 30.7 Å². The number of hydrogen-bond acceptors (Lipinski definition) is 1. The van der Waals surface area contributed by atoms with Gasteiger partial charge in [0.25, 0.3) is 0 Å². The average molecular weight is 239 g/mol. The normalized spacial score (nSPS) is 18.8. The van der Waals surface area contributed by atoms with Crippen molar-refractivity contribution in [3.05, 3.63) is 35.4 Å². The SMILES string of the molecule is CC(F)(F)Cc1ccc(C2(CN)CCC2)cc1. The van der Waals surface area contributed by atoms with E-state index in [-0.39, 0.29) is 11.8 Å². The molecular formula is C14H19F2N. The van der Waals surface area contributed by atoms with Gasteiger partial charge in [-0.2, -0.15) is 0 Å². The monoisotopic (exact) mass is 239 g/mol. The van der Waals surface area contributed by atoms with Crippen molar-refractivity contribution in [3.63, 3.8) is 0 Å². The molecule has 1 aromatic rings. The van der Waals surface area contributed by atoms with Gasteiger partial charge >= 0.3 is 0 Å². The molecule has 3 heteroatoms. The van der Waals surface area contributed by atoms with E-state index in [1.165, 1.54) is 12.0 Å². The van der Waals surface area contributed by atoms with E-state index in [9.17, 15) is 8.78 Å². The third-order valence-electron chi connectivity index (χ3n) is 3.78. The number of rotatable bonds is 4. The lowest BCUT2D eigenvalue weighted by atomic mass is 9.64. The highest BCUT2D eigenvalue weighted by atomic mass is 19.3. The van der Waals surface area contributed by atoms with Crippen molar-refractivity contribution in [2.24, 2.45) is 5.73 Å². The summed E-state index contributed by atoms with van der Waals surface area (Å²) in [5.41, 5.74) is 7.83. The molecule has 0 atom stereocenters. The fourth-order valence-corrected chi connectivity index (χ4v) is 2.55. The molecule has 94 valence electrons. The zero-order valence-corrected chi connectivity index (χ0v) is 10.2. The minimum absolute atomic E-state index is 0.118. The third-order valence-corrected chi connectivity index (χ3v) is 3.78. The maximum atomic E-state index is 12.9. The Bertz CT molecular complexity index is 369. The summed E-state index contributed by atoms with van der Waals surface area (Å²) in [6.45, 7) is 1.60. The number of nitrogens with two attached hydrogens (primary N) is 1. The molecule has 0 bridgehead atoms. The Morgan fingerprint density at radius 1 is 1.24 bits per heavy atom. The lowest BCUT2D eigenvalue weighted by molar-refractivity contribution is 0.0226. The molecule has 1 aliphatic carbocycles. The standard InChI is InChI=1S/C14H19F2N/c1-13(15,16)9-11-3-5-12(6-4-11)14(10-17)7-2-8-14/h3-6H,2,7-10,17H2,1H3. The van der Waals surface area contributed by atoms with Crippen LogP contribution in [0.1, 0.15) is 37.3 Å². The van der Waals surface area contributed by atoms with Crippen molar-refractivity contribution in [2.75, 3.05) is 6.54 Å². The van der Waals surface area contributed by atoms with Gasteiger partial charge in [0.2, 0.25) is 5.92 Å². The largest absolute Gasteiger partial charge is 0.330 e. The second kappa shape index (κ2) is 4.37. The Balaban J connectivity index is 2.13. The molecule has 0 amide bonds. The molecule has 2 rings (SSSR count). The van der Waals surface area contributed by atoms with Crippen LogP contribution < -0.4 is 5.73 Å². The predicted octanol–water partition coefficient (Wildman–Crippen LogP) is 3.26. The first-order chi connectivity index (χ1) is 7.95. The van der Waals surface area contributed by atoms with Crippen molar-refractivity contribution in [1.82, 2.24) is 0 Å². The van der Waals surface area contributed by atoms with E-state index in [4.69, 9.17) is 5.73 Å². The van der Waals surface area contributed by atoms with E-state index >= 15 is 0 Å². The fourth-order valence-electron chi connectivity index (χ4n) is 2.55. The third kappa shape index (κ3) is 2.65. The summed E-state index contributed by atoms with van der Waals surface area (Å²) < 4.78 is 25.7. The van der Waals surface area contributed by atoms with Crippen LogP contribution >= 0.6 is 0 Å². The summed E-state index contributed by atoms with van der Waals surface area (Å²) in [6, 6.07) is 7.55. The molecule has 0 saturated heterocycles. The molecule has 1 saturated carbocycles. The molecular weight excluding hydrogens is 220 g/mol. The molecule has 1 fully saturated rings. The van der Waals surface area contributed by atoms with Gasteiger partial charge in [-0.25, -0.2) is 8.78 Å². The molecule has 2 N–H and O–H groups in total. The summed E-state index contributed by atoms with van der Waals surface area (Å²) in [5.74, 6) is -2.64. The van der Waals surface area contributed by atoms with Crippen LogP contribution in [-0.4, -0.2) is 12.5 Å². The number of benzene rings is 1. The molecule has 0 unspecified atom stereocenters. The highest BCUT2D eigenvalue weighted by Crippen LogP contribution is 2.42. The highest BCUT2D eigenvalue weighted by molar-refractivity contribution is 5.32. The fraction of sp³-hybridized carbons (Fsp3) is 0.571. The molecule has 1 aromatic carbocycles. The van der Waals surface area contributed by atoms with E-state index in [0.29, 0.717) is 12.1 Å². The number of alkyl halides is 2. The first-order valence-electron chi connectivity index (χ1n) is 6.13. The van der Waals surface area contributed by atoms with Gasteiger partial charge in [-0.15, -0.1) is 0 Å². The van der Waals surface area contributed by atoms with Crippen LogP contribution in [0, 0.1) is 0 Å². The van der Waals surface area contributed by atoms with Gasteiger partial charge in [-0.3, -0.25) is 0 Å². The summed E-state index contributed by atoms with van der Waals surface area (Å²) in [6.07, 6.45) is 3.26. The van der Waals surface area contributed by atoms with Crippen LogP contribution in [0.25, 0.3) is 0 Å². The van der Waals surface area contributed by atoms with Crippen molar-refractivity contribution in [1.29, 1.82) is 0 Å². The van der Waals surface area contributed by atoms with Crippen LogP contribution in [0.15, 0.2) is 24.3 Å². The molecule has 1 aliphatic rings. The molecule has 0 aromatic heterocycles. The van der Waals surface area contributed by atoms with Crippen LogP contribution in [0.4, 0.5) is 8.78 Å². The Morgan fingerprint density at radius 2 is 1.82 bits per heavy atom. The Hall–Kier alpha value is -0.960. The molecule has 0 spiro atoms. The Morgan fingerprint density at radius 3 is 2.18 bits per heavy atom. The molecule has 17 heavy (non-hydrogen) atoms. The van der Waals surface area contributed by atoms with E-state index in [1.54, 1.807) is 0 Å². The van der Waals surface area contributed by atoms with Crippen molar-refractivity contribution < 1.29 is 8.78 Å². The predicted molar refractivity (Wildman–Crippen MR) is 65.4 cm³/mol. The first-order valence-corrected chi connectivity index (χ1v) is 6.13. The zero-order valence-electron chi connectivity index (χ0n) is 10.2. The van der Waals surface area contributed by atoms with E-state index in [0.717, 1.165) is 19.8 Å². The highest BCUT2D eigenvalue weighted by Gasteiger charge is 2.37. The van der Waals surface area contributed by atoms with Gasteiger partial charge in [0.1, 0.15) is 0 Å². The minimum atomic E-state index is -2.64. The smallest absolute Gasteiger partial charge is 0.249 e. The van der Waals surface area contributed by atoms with Crippen molar-refractivity contribution >= 4 is 0 Å². The topological polar surface area (TPSA) is 26.0 Å². The van der Waals surface area contributed by atoms with Gasteiger partial charge < -0.3 is 5.73 Å². The molecule has 1 nitrogen and oxygen atoms in total. The van der Waals surface area contributed by atoms with Crippen LogP contribution in [-0.2, 0) is 11.8 Å². The van der Waals surface area contributed by atoms with Gasteiger partial charge in [-0.05, 0) is 30.9 Å². The lowest BCUT2D eigenvalue weighted by Crippen LogP contribution is -2.41. The molecule has 0 radical (unpaired) electrons. The number of halogens is 2. The maximum Gasteiger partial charge on any atom is 0.249 e. The summed E-state index contributed by atoms with van der Waals surface area (Å²) >= 11 is 0. The minimum Gasteiger partial charge on any atom is -0.330 e. The van der Waals surface area contributed by atoms with E-state index in [1.807, 2.05) is 24.3 Å². The van der Waals surface area contributed by atoms with Gasteiger partial charge in [0.05, 0.1) is 0 Å². The van der Waals surface area contributed by atoms with Crippen LogP contribution in [0.5, 0.6) is 0 Å². The first kappa shape index (κ1) is 12.5. The maximum absolute atomic E-state index is 12.9. The van der Waals surface area contributed by atoms with Crippen LogP contribution in [0.2, 0.25) is 0 Å². The van der Waals surface area contributed by atoms with Crippen molar-refractivity contribution in [3.8, 4) is 0 Å². The lowest BCUT2D eigenvalue weighted by Gasteiger charge is -2.41. The second-order valence-corrected chi connectivity index (χ2v) is 5.28. The van der Waals surface area contributed by atoms with E-state index in [2.05, 4.69) is 0 Å². The summed E-state index contributed by atoms with van der Waals surface area (Å²) in [7, 11) is 0. The molecule has 0 heterocycles. The van der Waals surface area contributed by atoms with E-state index < -0.39 is 5.92 Å². The molecule has 0 aliphatic heterocycles. The zero-order chi connectivity index (χ0) is 12.5. The van der Waals surface area contributed by atoms with Gasteiger partial charge in [0.15, 0.2) is 0 Å². The van der Waals surface area contributed by atoms with Gasteiger partial charge in [0, 0.05) is 18.4 Å². The number of hydrogen-bond donors (Lipinski definition) is 1. The Kier molecular flexibility index (Phi) is 3.21.